The normalized spacial score (nSPS) is 10.6. The Morgan fingerprint density at radius 2 is 1.47 bits per heavy atom. The first-order valence-corrected chi connectivity index (χ1v) is 5.90. The van der Waals surface area contributed by atoms with Gasteiger partial charge < -0.3 is 5.11 Å². The van der Waals surface area contributed by atoms with E-state index in [0.717, 1.165) is 16.7 Å². The van der Waals surface area contributed by atoms with Crippen LogP contribution in [0.25, 0.3) is 11.1 Å². The third-order valence-electron chi connectivity index (χ3n) is 3.31. The van der Waals surface area contributed by atoms with E-state index in [2.05, 4.69) is 57.2 Å². The zero-order valence-electron chi connectivity index (χ0n) is 10.6. The van der Waals surface area contributed by atoms with Crippen LogP contribution in [0.5, 0.6) is 0 Å². The van der Waals surface area contributed by atoms with Crippen molar-refractivity contribution in [1.82, 2.24) is 0 Å². The quantitative estimate of drug-likeness (QED) is 0.826. The summed E-state index contributed by atoms with van der Waals surface area (Å²) in [6, 6.07) is 12.7. The second-order valence-corrected chi connectivity index (χ2v) is 4.56. The van der Waals surface area contributed by atoms with E-state index in [0.29, 0.717) is 0 Å². The molecular weight excluding hydrogens is 208 g/mol. The van der Waals surface area contributed by atoms with E-state index in [1.54, 1.807) is 0 Å². The summed E-state index contributed by atoms with van der Waals surface area (Å²) in [5, 5.41) is 9.32. The fourth-order valence-corrected chi connectivity index (χ4v) is 2.30. The summed E-state index contributed by atoms with van der Waals surface area (Å²) in [4.78, 5) is 0. The van der Waals surface area contributed by atoms with Crippen molar-refractivity contribution >= 4 is 0 Å². The highest BCUT2D eigenvalue weighted by Gasteiger charge is 2.07. The van der Waals surface area contributed by atoms with Gasteiger partial charge in [0.25, 0.3) is 0 Å². The molecule has 1 N–H and O–H groups in total. The van der Waals surface area contributed by atoms with Gasteiger partial charge in [-0.3, -0.25) is 0 Å². The van der Waals surface area contributed by atoms with Crippen molar-refractivity contribution in [3.63, 3.8) is 0 Å². The van der Waals surface area contributed by atoms with E-state index in [1.165, 1.54) is 16.7 Å². The molecule has 0 saturated heterocycles. The van der Waals surface area contributed by atoms with Crippen molar-refractivity contribution in [3.05, 3.63) is 58.7 Å². The summed E-state index contributed by atoms with van der Waals surface area (Å²) in [7, 11) is 0. The Hall–Kier alpha value is -1.60. The van der Waals surface area contributed by atoms with E-state index in [1.807, 2.05) is 0 Å². The summed E-state index contributed by atoms with van der Waals surface area (Å²) < 4.78 is 0. The second-order valence-electron chi connectivity index (χ2n) is 4.56. The Balaban J connectivity index is 2.59. The molecule has 0 atom stereocenters. The van der Waals surface area contributed by atoms with Crippen LogP contribution in [0.2, 0.25) is 0 Å². The van der Waals surface area contributed by atoms with E-state index >= 15 is 0 Å². The van der Waals surface area contributed by atoms with Crippen molar-refractivity contribution in [2.24, 2.45) is 0 Å². The third-order valence-corrected chi connectivity index (χ3v) is 3.31. The second kappa shape index (κ2) is 4.72. The molecule has 0 amide bonds. The van der Waals surface area contributed by atoms with Crippen LogP contribution in [-0.2, 0) is 6.61 Å². The Morgan fingerprint density at radius 3 is 2.00 bits per heavy atom. The average Bonchev–Trinajstić information content (AvgIpc) is 2.29. The molecule has 2 aromatic rings. The molecular formula is C16H18O. The lowest BCUT2D eigenvalue weighted by atomic mass is 9.94. The molecule has 2 rings (SSSR count). The highest BCUT2D eigenvalue weighted by Crippen LogP contribution is 2.27. The van der Waals surface area contributed by atoms with Crippen molar-refractivity contribution in [3.8, 4) is 11.1 Å². The molecule has 0 aliphatic carbocycles. The topological polar surface area (TPSA) is 20.2 Å². The van der Waals surface area contributed by atoms with Crippen LogP contribution < -0.4 is 0 Å². The monoisotopic (exact) mass is 226 g/mol. The van der Waals surface area contributed by atoms with Crippen LogP contribution in [0.15, 0.2) is 36.4 Å². The van der Waals surface area contributed by atoms with E-state index in [4.69, 9.17) is 0 Å². The van der Waals surface area contributed by atoms with Gasteiger partial charge in [-0.15, -0.1) is 0 Å². The minimum Gasteiger partial charge on any atom is -0.392 e. The summed E-state index contributed by atoms with van der Waals surface area (Å²) in [5.41, 5.74) is 7.14. The minimum absolute atomic E-state index is 0.117. The van der Waals surface area contributed by atoms with Gasteiger partial charge in [0.15, 0.2) is 0 Å². The number of benzene rings is 2. The number of aryl methyl sites for hydroxylation is 3. The van der Waals surface area contributed by atoms with Gasteiger partial charge in [-0.25, -0.2) is 0 Å². The molecule has 0 aliphatic heterocycles. The fraction of sp³-hybridized carbons (Fsp3) is 0.250. The van der Waals surface area contributed by atoms with Crippen LogP contribution >= 0.6 is 0 Å². The molecule has 0 unspecified atom stereocenters. The molecule has 0 aliphatic rings. The predicted octanol–water partition coefficient (Wildman–Crippen LogP) is 3.77. The maximum absolute atomic E-state index is 9.32. The van der Waals surface area contributed by atoms with Gasteiger partial charge in [0.05, 0.1) is 6.61 Å². The van der Waals surface area contributed by atoms with Crippen LogP contribution in [-0.4, -0.2) is 5.11 Å². The van der Waals surface area contributed by atoms with Gasteiger partial charge >= 0.3 is 0 Å². The van der Waals surface area contributed by atoms with E-state index in [-0.39, 0.29) is 6.61 Å². The smallest absolute Gasteiger partial charge is 0.0686 e. The Bertz CT molecular complexity index is 518. The lowest BCUT2D eigenvalue weighted by Crippen LogP contribution is -1.95. The standard InChI is InChI=1S/C16H18O/c1-11-6-4-5-7-15(11)14-8-12(2)16(10-17)13(3)9-14/h4-9,17H,10H2,1-3H3. The van der Waals surface area contributed by atoms with Gasteiger partial charge in [-0.05, 0) is 54.2 Å². The van der Waals surface area contributed by atoms with Crippen LogP contribution in [0, 0.1) is 20.8 Å². The molecule has 0 aromatic heterocycles. The summed E-state index contributed by atoms with van der Waals surface area (Å²) in [6.07, 6.45) is 0. The third kappa shape index (κ3) is 2.25. The maximum Gasteiger partial charge on any atom is 0.0686 e. The molecule has 0 bridgehead atoms. The Kier molecular flexibility index (Phi) is 3.30. The van der Waals surface area contributed by atoms with Crippen molar-refractivity contribution in [2.75, 3.05) is 0 Å². The van der Waals surface area contributed by atoms with Crippen molar-refractivity contribution in [2.45, 2.75) is 27.4 Å². The molecule has 0 heterocycles. The van der Waals surface area contributed by atoms with Gasteiger partial charge in [-0.1, -0.05) is 36.4 Å². The predicted molar refractivity (Wildman–Crippen MR) is 72.0 cm³/mol. The van der Waals surface area contributed by atoms with Gasteiger partial charge in [0, 0.05) is 0 Å². The van der Waals surface area contributed by atoms with Crippen LogP contribution in [0.3, 0.4) is 0 Å². The molecule has 0 spiro atoms. The van der Waals surface area contributed by atoms with Crippen molar-refractivity contribution in [1.29, 1.82) is 0 Å². The van der Waals surface area contributed by atoms with Crippen LogP contribution in [0.4, 0.5) is 0 Å². The van der Waals surface area contributed by atoms with E-state index in [9.17, 15) is 5.11 Å². The first-order valence-electron chi connectivity index (χ1n) is 5.90. The summed E-state index contributed by atoms with van der Waals surface area (Å²) >= 11 is 0. The molecule has 88 valence electrons. The molecule has 1 heteroatoms. The Morgan fingerprint density at radius 1 is 0.882 bits per heavy atom. The number of hydrogen-bond donors (Lipinski definition) is 1. The van der Waals surface area contributed by atoms with Crippen LogP contribution in [0.1, 0.15) is 22.3 Å². The highest BCUT2D eigenvalue weighted by molar-refractivity contribution is 5.69. The summed E-state index contributed by atoms with van der Waals surface area (Å²) in [6.45, 7) is 6.35. The molecule has 0 saturated carbocycles. The average molecular weight is 226 g/mol. The van der Waals surface area contributed by atoms with Gasteiger partial charge in [-0.2, -0.15) is 0 Å². The molecule has 2 aromatic carbocycles. The lowest BCUT2D eigenvalue weighted by molar-refractivity contribution is 0.280. The highest BCUT2D eigenvalue weighted by atomic mass is 16.3. The largest absolute Gasteiger partial charge is 0.392 e. The minimum atomic E-state index is 0.117. The molecule has 1 nitrogen and oxygen atoms in total. The number of aliphatic hydroxyl groups excluding tert-OH is 1. The molecule has 0 fully saturated rings. The molecule has 17 heavy (non-hydrogen) atoms. The summed E-state index contributed by atoms with van der Waals surface area (Å²) in [5.74, 6) is 0. The zero-order chi connectivity index (χ0) is 12.4. The van der Waals surface area contributed by atoms with Gasteiger partial charge in [0.2, 0.25) is 0 Å². The van der Waals surface area contributed by atoms with Crippen molar-refractivity contribution < 1.29 is 5.11 Å². The first-order chi connectivity index (χ1) is 8.13. The fourth-order valence-electron chi connectivity index (χ4n) is 2.30. The first kappa shape index (κ1) is 11.9. The zero-order valence-corrected chi connectivity index (χ0v) is 10.6. The number of rotatable bonds is 2. The molecule has 0 radical (unpaired) electrons. The Labute approximate surface area is 103 Å². The maximum atomic E-state index is 9.32. The number of hydrogen-bond acceptors (Lipinski definition) is 1. The SMILES string of the molecule is Cc1ccccc1-c1cc(C)c(CO)c(C)c1. The number of aliphatic hydroxyl groups is 1. The van der Waals surface area contributed by atoms with Gasteiger partial charge in [0.1, 0.15) is 0 Å². The van der Waals surface area contributed by atoms with E-state index < -0.39 is 0 Å². The lowest BCUT2D eigenvalue weighted by Gasteiger charge is -2.12.